The second kappa shape index (κ2) is 5.83. The second-order valence-corrected chi connectivity index (χ2v) is 5.29. The number of halogens is 2. The monoisotopic (exact) mass is 301 g/mol. The van der Waals surface area contributed by atoms with Crippen molar-refractivity contribution in [3.8, 4) is 5.75 Å². The molecule has 4 heteroatoms. The maximum absolute atomic E-state index is 13.4. The molecule has 1 fully saturated rings. The fourth-order valence-corrected chi connectivity index (χ4v) is 2.99. The highest BCUT2D eigenvalue weighted by Crippen LogP contribution is 2.31. The van der Waals surface area contributed by atoms with Gasteiger partial charge in [-0.05, 0) is 59.4 Å². The number of methoxy groups -OCH3 is 1. The van der Waals surface area contributed by atoms with Gasteiger partial charge in [-0.25, -0.2) is 4.39 Å². The van der Waals surface area contributed by atoms with Gasteiger partial charge in [-0.2, -0.15) is 0 Å². The summed E-state index contributed by atoms with van der Waals surface area (Å²) in [6.45, 7) is 1.06. The molecule has 0 saturated carbocycles. The first-order valence-electron chi connectivity index (χ1n) is 5.96. The van der Waals surface area contributed by atoms with Crippen molar-refractivity contribution in [2.45, 2.75) is 31.7 Å². The number of rotatable bonds is 3. The Morgan fingerprint density at radius 1 is 1.47 bits per heavy atom. The quantitative estimate of drug-likeness (QED) is 0.925. The van der Waals surface area contributed by atoms with Gasteiger partial charge in [0.1, 0.15) is 11.6 Å². The van der Waals surface area contributed by atoms with Crippen molar-refractivity contribution in [3.63, 3.8) is 0 Å². The van der Waals surface area contributed by atoms with E-state index < -0.39 is 0 Å². The van der Waals surface area contributed by atoms with Crippen LogP contribution in [0.15, 0.2) is 16.6 Å². The topological polar surface area (TPSA) is 21.3 Å². The van der Waals surface area contributed by atoms with E-state index in [-0.39, 0.29) is 5.82 Å². The molecular weight excluding hydrogens is 285 g/mol. The Kier molecular flexibility index (Phi) is 4.40. The minimum Gasteiger partial charge on any atom is -0.495 e. The molecule has 1 aromatic rings. The largest absolute Gasteiger partial charge is 0.495 e. The molecule has 94 valence electrons. The van der Waals surface area contributed by atoms with Crippen LogP contribution in [0.3, 0.4) is 0 Å². The Labute approximate surface area is 110 Å². The fraction of sp³-hybridized carbons (Fsp3) is 0.538. The van der Waals surface area contributed by atoms with Crippen molar-refractivity contribution in [1.82, 2.24) is 5.32 Å². The third-order valence-electron chi connectivity index (χ3n) is 3.17. The first kappa shape index (κ1) is 12.8. The van der Waals surface area contributed by atoms with E-state index >= 15 is 0 Å². The van der Waals surface area contributed by atoms with Gasteiger partial charge in [0.15, 0.2) is 0 Å². The lowest BCUT2D eigenvalue weighted by Gasteiger charge is -2.24. The molecule has 1 unspecified atom stereocenters. The minimum absolute atomic E-state index is 0.219. The van der Waals surface area contributed by atoms with Gasteiger partial charge in [-0.3, -0.25) is 0 Å². The molecule has 0 spiro atoms. The highest BCUT2D eigenvalue weighted by atomic mass is 79.9. The van der Waals surface area contributed by atoms with E-state index in [2.05, 4.69) is 21.2 Å². The van der Waals surface area contributed by atoms with Gasteiger partial charge < -0.3 is 10.1 Å². The van der Waals surface area contributed by atoms with Crippen LogP contribution in [0.4, 0.5) is 4.39 Å². The Bertz CT molecular complexity index is 391. The van der Waals surface area contributed by atoms with Crippen molar-refractivity contribution in [2.75, 3.05) is 13.7 Å². The molecule has 2 nitrogen and oxygen atoms in total. The average molecular weight is 302 g/mol. The standard InChI is InChI=1S/C13H17BrFNO/c1-17-13-9(6-10(15)8-12(13)14)7-11-4-2-3-5-16-11/h6,8,11,16H,2-5,7H2,1H3. The van der Waals surface area contributed by atoms with Crippen LogP contribution in [-0.2, 0) is 6.42 Å². The molecule has 1 atom stereocenters. The van der Waals surface area contributed by atoms with Crippen LogP contribution in [0.1, 0.15) is 24.8 Å². The minimum atomic E-state index is -0.219. The average Bonchev–Trinajstić information content (AvgIpc) is 2.30. The molecule has 0 aliphatic carbocycles. The number of hydrogen-bond acceptors (Lipinski definition) is 2. The van der Waals surface area contributed by atoms with E-state index in [9.17, 15) is 4.39 Å². The molecule has 0 amide bonds. The maximum atomic E-state index is 13.4. The van der Waals surface area contributed by atoms with Crippen LogP contribution in [-0.4, -0.2) is 19.7 Å². The smallest absolute Gasteiger partial charge is 0.136 e. The summed E-state index contributed by atoms with van der Waals surface area (Å²) in [6, 6.07) is 3.45. The predicted octanol–water partition coefficient (Wildman–Crippen LogP) is 3.28. The second-order valence-electron chi connectivity index (χ2n) is 4.43. The lowest BCUT2D eigenvalue weighted by atomic mass is 9.97. The van der Waals surface area contributed by atoms with Gasteiger partial charge in [0.05, 0.1) is 11.6 Å². The summed E-state index contributed by atoms with van der Waals surface area (Å²) in [5, 5.41) is 3.46. The number of hydrogen-bond donors (Lipinski definition) is 1. The van der Waals surface area contributed by atoms with Crippen LogP contribution in [0.25, 0.3) is 0 Å². The summed E-state index contributed by atoms with van der Waals surface area (Å²) < 4.78 is 19.4. The van der Waals surface area contributed by atoms with Gasteiger partial charge in [-0.1, -0.05) is 6.42 Å². The molecule has 1 aliphatic rings. The van der Waals surface area contributed by atoms with Crippen LogP contribution in [0.5, 0.6) is 5.75 Å². The van der Waals surface area contributed by atoms with Gasteiger partial charge in [0.25, 0.3) is 0 Å². The van der Waals surface area contributed by atoms with E-state index in [0.717, 1.165) is 30.7 Å². The van der Waals surface area contributed by atoms with Crippen LogP contribution in [0, 0.1) is 5.82 Å². The molecule has 1 heterocycles. The molecule has 1 aliphatic heterocycles. The summed E-state index contributed by atoms with van der Waals surface area (Å²) in [4.78, 5) is 0. The maximum Gasteiger partial charge on any atom is 0.136 e. The highest BCUT2D eigenvalue weighted by molar-refractivity contribution is 9.10. The summed E-state index contributed by atoms with van der Waals surface area (Å²) in [7, 11) is 1.62. The number of ether oxygens (including phenoxy) is 1. The SMILES string of the molecule is COc1c(Br)cc(F)cc1CC1CCCCN1. The van der Waals surface area contributed by atoms with Gasteiger partial charge >= 0.3 is 0 Å². The van der Waals surface area contributed by atoms with Gasteiger partial charge in [-0.15, -0.1) is 0 Å². The number of nitrogens with one attached hydrogen (secondary N) is 1. The third-order valence-corrected chi connectivity index (χ3v) is 3.76. The van der Waals surface area contributed by atoms with Crippen molar-refractivity contribution >= 4 is 15.9 Å². The Balaban J connectivity index is 2.18. The van der Waals surface area contributed by atoms with Gasteiger partial charge in [0.2, 0.25) is 0 Å². The normalized spacial score (nSPS) is 20.3. The third kappa shape index (κ3) is 3.19. The first-order valence-corrected chi connectivity index (χ1v) is 6.75. The summed E-state index contributed by atoms with van der Waals surface area (Å²) >= 11 is 3.34. The van der Waals surface area contributed by atoms with Crippen molar-refractivity contribution in [1.29, 1.82) is 0 Å². The molecule has 2 rings (SSSR count). The van der Waals surface area contributed by atoms with E-state index in [1.807, 2.05) is 0 Å². The number of piperidine rings is 1. The number of benzene rings is 1. The molecule has 1 N–H and O–H groups in total. The molecule has 0 radical (unpaired) electrons. The van der Waals surface area contributed by atoms with E-state index in [1.54, 1.807) is 13.2 Å². The lowest BCUT2D eigenvalue weighted by molar-refractivity contribution is 0.379. The highest BCUT2D eigenvalue weighted by Gasteiger charge is 2.17. The summed E-state index contributed by atoms with van der Waals surface area (Å²) in [5.41, 5.74) is 0.929. The zero-order valence-corrected chi connectivity index (χ0v) is 11.5. The van der Waals surface area contributed by atoms with Crippen molar-refractivity contribution in [3.05, 3.63) is 28.0 Å². The van der Waals surface area contributed by atoms with E-state index in [4.69, 9.17) is 4.74 Å². The zero-order chi connectivity index (χ0) is 12.3. The molecule has 1 saturated heterocycles. The van der Waals surface area contributed by atoms with Crippen LogP contribution >= 0.6 is 15.9 Å². The summed E-state index contributed by atoms with van der Waals surface area (Å²) in [5.74, 6) is 0.530. The molecular formula is C13H17BrFNO. The van der Waals surface area contributed by atoms with Gasteiger partial charge in [0, 0.05) is 6.04 Å². The van der Waals surface area contributed by atoms with Crippen molar-refractivity contribution < 1.29 is 9.13 Å². The summed E-state index contributed by atoms with van der Waals surface area (Å²) in [6.07, 6.45) is 4.45. The molecule has 0 aromatic heterocycles. The van der Waals surface area contributed by atoms with E-state index in [0.29, 0.717) is 10.5 Å². The Morgan fingerprint density at radius 3 is 2.94 bits per heavy atom. The molecule has 17 heavy (non-hydrogen) atoms. The fourth-order valence-electron chi connectivity index (χ4n) is 2.36. The first-order chi connectivity index (χ1) is 8.20. The Morgan fingerprint density at radius 2 is 2.29 bits per heavy atom. The van der Waals surface area contributed by atoms with E-state index in [1.165, 1.54) is 18.9 Å². The molecule has 0 bridgehead atoms. The van der Waals surface area contributed by atoms with Crippen LogP contribution < -0.4 is 10.1 Å². The lowest BCUT2D eigenvalue weighted by Crippen LogP contribution is -2.35. The zero-order valence-electron chi connectivity index (χ0n) is 9.93. The molecule has 1 aromatic carbocycles. The predicted molar refractivity (Wildman–Crippen MR) is 70.0 cm³/mol. The Hall–Kier alpha value is -0.610. The van der Waals surface area contributed by atoms with Crippen molar-refractivity contribution in [2.24, 2.45) is 0 Å². The van der Waals surface area contributed by atoms with Crippen LogP contribution in [0.2, 0.25) is 0 Å².